The summed E-state index contributed by atoms with van der Waals surface area (Å²) < 4.78 is 11.6. The van der Waals surface area contributed by atoms with E-state index in [1.807, 2.05) is 44.2 Å². The van der Waals surface area contributed by atoms with Gasteiger partial charge in [-0.3, -0.25) is 0 Å². The fourth-order valence-electron chi connectivity index (χ4n) is 4.08. The molecule has 0 radical (unpaired) electrons. The summed E-state index contributed by atoms with van der Waals surface area (Å²) in [4.78, 5) is 0. The maximum atomic E-state index is 10.6. The van der Waals surface area contributed by atoms with Crippen molar-refractivity contribution in [1.29, 1.82) is 0 Å². The first-order chi connectivity index (χ1) is 15.2. The van der Waals surface area contributed by atoms with Crippen molar-refractivity contribution in [2.75, 3.05) is 19.8 Å². The number of rotatable bonds is 9. The van der Waals surface area contributed by atoms with E-state index in [1.54, 1.807) is 0 Å². The van der Waals surface area contributed by atoms with Crippen molar-refractivity contribution in [3.63, 3.8) is 0 Å². The molecule has 1 unspecified atom stereocenters. The molecule has 1 aliphatic carbocycles. The molecule has 32 heavy (non-hydrogen) atoms. The second-order valence-electron chi connectivity index (χ2n) is 7.62. The van der Waals surface area contributed by atoms with E-state index in [1.165, 1.54) is 22.3 Å². The molecule has 0 bridgehead atoms. The van der Waals surface area contributed by atoms with E-state index < -0.39 is 6.10 Å². The summed E-state index contributed by atoms with van der Waals surface area (Å²) >= 11 is 0. The van der Waals surface area contributed by atoms with Crippen molar-refractivity contribution < 1.29 is 14.6 Å². The molecule has 0 heterocycles. The fourth-order valence-corrected chi connectivity index (χ4v) is 4.08. The Hall–Kier alpha value is -2.79. The lowest BCUT2D eigenvalue weighted by Gasteiger charge is -2.20. The van der Waals surface area contributed by atoms with Gasteiger partial charge in [-0.15, -0.1) is 12.4 Å². The molecule has 0 amide bonds. The molecule has 0 spiro atoms. The van der Waals surface area contributed by atoms with E-state index in [4.69, 9.17) is 9.47 Å². The van der Waals surface area contributed by atoms with Gasteiger partial charge in [0.05, 0.1) is 12.6 Å². The first-order valence-corrected chi connectivity index (χ1v) is 10.8. The van der Waals surface area contributed by atoms with Crippen molar-refractivity contribution in [2.24, 2.45) is 0 Å². The van der Waals surface area contributed by atoms with Crippen LogP contribution < -0.4 is 14.8 Å². The van der Waals surface area contributed by atoms with Crippen LogP contribution >= 0.6 is 12.4 Å². The third-order valence-corrected chi connectivity index (χ3v) is 5.45. The standard InChI is InChI=1S/C27H29NO3.ClH/c1-3-9-19-14-15-25(30-4-2)26(16-19)31-18-20(29)17-28-27-23-12-7-5-10-21(23)22-11-6-8-13-24(22)27;/h3,5-16,20,27-29H,4,17-18H2,1-2H3;1H/b9-3+;. The molecule has 4 rings (SSSR count). The Bertz CT molecular complexity index is 1020. The average Bonchev–Trinajstić information content (AvgIpc) is 3.12. The van der Waals surface area contributed by atoms with E-state index in [0.29, 0.717) is 24.7 Å². The molecule has 1 aliphatic rings. The van der Waals surface area contributed by atoms with Crippen molar-refractivity contribution in [2.45, 2.75) is 26.0 Å². The van der Waals surface area contributed by atoms with Crippen LogP contribution in [0.3, 0.4) is 0 Å². The lowest BCUT2D eigenvalue weighted by molar-refractivity contribution is 0.102. The minimum atomic E-state index is -0.653. The van der Waals surface area contributed by atoms with Gasteiger partial charge < -0.3 is 19.9 Å². The largest absolute Gasteiger partial charge is 0.490 e. The first-order valence-electron chi connectivity index (χ1n) is 10.8. The Morgan fingerprint density at radius 1 is 0.938 bits per heavy atom. The second kappa shape index (κ2) is 11.2. The number of aliphatic hydroxyl groups excluding tert-OH is 1. The van der Waals surface area contributed by atoms with Gasteiger partial charge in [-0.05, 0) is 53.8 Å². The third-order valence-electron chi connectivity index (χ3n) is 5.45. The molecule has 0 fully saturated rings. The van der Waals surface area contributed by atoms with E-state index in [2.05, 4.69) is 53.8 Å². The van der Waals surface area contributed by atoms with Crippen LogP contribution in [0.5, 0.6) is 11.5 Å². The molecule has 2 N–H and O–H groups in total. The molecule has 0 aromatic heterocycles. The molecule has 4 nitrogen and oxygen atoms in total. The van der Waals surface area contributed by atoms with Crippen LogP contribution in [0, 0.1) is 0 Å². The van der Waals surface area contributed by atoms with Gasteiger partial charge in [0.15, 0.2) is 11.5 Å². The SMILES string of the molecule is C/C=C/c1ccc(OCC)c(OCC(O)CNC2c3ccccc3-c3ccccc32)c1.Cl. The predicted octanol–water partition coefficient (Wildman–Crippen LogP) is 5.64. The number of halogens is 1. The van der Waals surface area contributed by atoms with Crippen molar-refractivity contribution in [3.05, 3.63) is 89.5 Å². The Labute approximate surface area is 196 Å². The number of nitrogens with one attached hydrogen (secondary N) is 1. The topological polar surface area (TPSA) is 50.7 Å². The van der Waals surface area contributed by atoms with Gasteiger partial charge in [0.25, 0.3) is 0 Å². The molecule has 1 atom stereocenters. The Morgan fingerprint density at radius 3 is 2.22 bits per heavy atom. The summed E-state index contributed by atoms with van der Waals surface area (Å²) in [5.41, 5.74) is 6.03. The van der Waals surface area contributed by atoms with Gasteiger partial charge in [-0.1, -0.05) is 66.7 Å². The Kier molecular flexibility index (Phi) is 8.34. The average molecular weight is 452 g/mol. The first kappa shape index (κ1) is 23.9. The third kappa shape index (κ3) is 5.16. The van der Waals surface area contributed by atoms with Crippen LogP contribution in [-0.2, 0) is 0 Å². The van der Waals surface area contributed by atoms with Crippen LogP contribution in [0.25, 0.3) is 17.2 Å². The number of fused-ring (bicyclic) bond motifs is 3. The quantitative estimate of drug-likeness (QED) is 0.442. The van der Waals surface area contributed by atoms with E-state index in [-0.39, 0.29) is 25.1 Å². The van der Waals surface area contributed by atoms with Gasteiger partial charge in [-0.25, -0.2) is 0 Å². The number of aliphatic hydroxyl groups is 1. The zero-order chi connectivity index (χ0) is 21.6. The summed E-state index contributed by atoms with van der Waals surface area (Å²) in [7, 11) is 0. The summed E-state index contributed by atoms with van der Waals surface area (Å²) in [5.74, 6) is 1.34. The predicted molar refractivity (Wildman–Crippen MR) is 133 cm³/mol. The minimum Gasteiger partial charge on any atom is -0.490 e. The molecule has 0 saturated carbocycles. The second-order valence-corrected chi connectivity index (χ2v) is 7.62. The fraction of sp³-hybridized carbons (Fsp3) is 0.259. The number of benzene rings is 3. The Morgan fingerprint density at radius 2 is 1.59 bits per heavy atom. The summed E-state index contributed by atoms with van der Waals surface area (Å²) in [6.07, 6.45) is 3.34. The summed E-state index contributed by atoms with van der Waals surface area (Å²) in [6.45, 7) is 5.09. The summed E-state index contributed by atoms with van der Waals surface area (Å²) in [6, 6.07) is 22.8. The van der Waals surface area contributed by atoms with E-state index in [0.717, 1.165) is 5.56 Å². The molecule has 0 aliphatic heterocycles. The number of allylic oxidation sites excluding steroid dienone is 1. The highest BCUT2D eigenvalue weighted by atomic mass is 35.5. The lowest BCUT2D eigenvalue weighted by atomic mass is 10.1. The van der Waals surface area contributed by atoms with Gasteiger partial charge in [0.1, 0.15) is 12.7 Å². The van der Waals surface area contributed by atoms with Gasteiger partial charge in [0.2, 0.25) is 0 Å². The van der Waals surface area contributed by atoms with Crippen LogP contribution in [0.4, 0.5) is 0 Å². The summed E-state index contributed by atoms with van der Waals surface area (Å²) in [5, 5.41) is 14.1. The minimum absolute atomic E-state index is 0. The normalized spacial score (nSPS) is 13.3. The molecule has 168 valence electrons. The molecule has 3 aromatic rings. The lowest BCUT2D eigenvalue weighted by Crippen LogP contribution is -2.33. The number of hydrogen-bond donors (Lipinski definition) is 2. The van der Waals surface area contributed by atoms with Crippen LogP contribution in [0.15, 0.2) is 72.8 Å². The van der Waals surface area contributed by atoms with Crippen molar-refractivity contribution in [1.82, 2.24) is 5.32 Å². The highest BCUT2D eigenvalue weighted by molar-refractivity contribution is 5.85. The van der Waals surface area contributed by atoms with Gasteiger partial charge in [-0.2, -0.15) is 0 Å². The highest BCUT2D eigenvalue weighted by Gasteiger charge is 2.28. The number of hydrogen-bond acceptors (Lipinski definition) is 4. The Balaban J connectivity index is 0.00000289. The van der Waals surface area contributed by atoms with Crippen molar-refractivity contribution >= 4 is 18.5 Å². The maximum Gasteiger partial charge on any atom is 0.161 e. The van der Waals surface area contributed by atoms with Crippen molar-refractivity contribution in [3.8, 4) is 22.6 Å². The smallest absolute Gasteiger partial charge is 0.161 e. The number of ether oxygens (including phenoxy) is 2. The van der Waals surface area contributed by atoms with Crippen LogP contribution in [0.2, 0.25) is 0 Å². The monoisotopic (exact) mass is 451 g/mol. The molecular formula is C27H30ClNO3. The van der Waals surface area contributed by atoms with Crippen LogP contribution in [0.1, 0.15) is 36.6 Å². The highest BCUT2D eigenvalue weighted by Crippen LogP contribution is 2.42. The van der Waals surface area contributed by atoms with Gasteiger partial charge >= 0.3 is 0 Å². The molecular weight excluding hydrogens is 422 g/mol. The maximum absolute atomic E-state index is 10.6. The zero-order valence-electron chi connectivity index (χ0n) is 18.5. The molecule has 0 saturated heterocycles. The van der Waals surface area contributed by atoms with E-state index in [9.17, 15) is 5.11 Å². The van der Waals surface area contributed by atoms with Gasteiger partial charge in [0, 0.05) is 6.54 Å². The van der Waals surface area contributed by atoms with E-state index >= 15 is 0 Å². The molecule has 5 heteroatoms. The van der Waals surface area contributed by atoms with Crippen LogP contribution in [-0.4, -0.2) is 31.0 Å². The zero-order valence-corrected chi connectivity index (χ0v) is 19.3. The molecule has 3 aromatic carbocycles.